The Morgan fingerprint density at radius 2 is 2.10 bits per heavy atom. The summed E-state index contributed by atoms with van der Waals surface area (Å²) >= 11 is 6.07. The molecule has 2 N–H and O–H groups in total. The topological polar surface area (TPSA) is 71.1 Å². The lowest BCUT2D eigenvalue weighted by atomic mass is 9.98. The van der Waals surface area contributed by atoms with Crippen LogP contribution in [0.3, 0.4) is 0 Å². The zero-order valence-electron chi connectivity index (χ0n) is 12.6. The highest BCUT2D eigenvalue weighted by molar-refractivity contribution is 7.89. The Labute approximate surface area is 131 Å². The molecule has 5 nitrogen and oxygen atoms in total. The second kappa shape index (κ2) is 6.50. The maximum Gasteiger partial charge on any atom is 0.242 e. The van der Waals surface area contributed by atoms with E-state index >= 15 is 0 Å². The summed E-state index contributed by atoms with van der Waals surface area (Å²) < 4.78 is 27.6. The van der Waals surface area contributed by atoms with Crippen molar-refractivity contribution in [2.75, 3.05) is 11.9 Å². The van der Waals surface area contributed by atoms with Gasteiger partial charge in [0.2, 0.25) is 10.0 Å². The SMILES string of the molecule is CCNc1ncc(S(=O)(=O)NC2CCC(C)C2C)cc1Cl. The first-order chi connectivity index (χ1) is 9.85. The Balaban J connectivity index is 2.18. The number of aromatic nitrogens is 1. The van der Waals surface area contributed by atoms with Crippen LogP contribution in [0.4, 0.5) is 5.82 Å². The van der Waals surface area contributed by atoms with Crippen molar-refractivity contribution in [1.82, 2.24) is 9.71 Å². The van der Waals surface area contributed by atoms with E-state index in [1.807, 2.05) is 6.92 Å². The predicted octanol–water partition coefficient (Wildman–Crippen LogP) is 2.88. The van der Waals surface area contributed by atoms with Crippen molar-refractivity contribution in [2.24, 2.45) is 11.8 Å². The molecule has 0 spiro atoms. The van der Waals surface area contributed by atoms with Crippen molar-refractivity contribution in [3.05, 3.63) is 17.3 Å². The lowest BCUT2D eigenvalue weighted by molar-refractivity contribution is 0.402. The number of nitrogens with one attached hydrogen (secondary N) is 2. The third kappa shape index (κ3) is 3.67. The predicted molar refractivity (Wildman–Crippen MR) is 85.1 cm³/mol. The summed E-state index contributed by atoms with van der Waals surface area (Å²) in [6.07, 6.45) is 3.26. The molecular weight excluding hydrogens is 310 g/mol. The summed E-state index contributed by atoms with van der Waals surface area (Å²) in [5.74, 6) is 1.38. The smallest absolute Gasteiger partial charge is 0.242 e. The maximum atomic E-state index is 12.4. The largest absolute Gasteiger partial charge is 0.369 e. The van der Waals surface area contributed by atoms with Crippen LogP contribution in [-0.2, 0) is 10.0 Å². The van der Waals surface area contributed by atoms with Crippen LogP contribution in [0.25, 0.3) is 0 Å². The molecule has 3 atom stereocenters. The Kier molecular flexibility index (Phi) is 5.11. The van der Waals surface area contributed by atoms with E-state index < -0.39 is 10.0 Å². The van der Waals surface area contributed by atoms with Gasteiger partial charge in [-0.25, -0.2) is 18.1 Å². The fourth-order valence-electron chi connectivity index (χ4n) is 2.66. The van der Waals surface area contributed by atoms with E-state index in [1.165, 1.54) is 12.3 Å². The first kappa shape index (κ1) is 16.5. The van der Waals surface area contributed by atoms with Gasteiger partial charge < -0.3 is 5.32 Å². The fourth-order valence-corrected chi connectivity index (χ4v) is 4.29. The first-order valence-electron chi connectivity index (χ1n) is 7.27. The van der Waals surface area contributed by atoms with Crippen molar-refractivity contribution in [3.8, 4) is 0 Å². The summed E-state index contributed by atoms with van der Waals surface area (Å²) in [5.41, 5.74) is 0. The Morgan fingerprint density at radius 1 is 1.38 bits per heavy atom. The molecule has 1 aromatic heterocycles. The maximum absolute atomic E-state index is 12.4. The summed E-state index contributed by atoms with van der Waals surface area (Å²) in [6, 6.07) is 1.43. The third-order valence-corrected chi connectivity index (χ3v) is 5.99. The molecule has 3 unspecified atom stereocenters. The zero-order chi connectivity index (χ0) is 15.6. The molecule has 118 valence electrons. The van der Waals surface area contributed by atoms with Crippen LogP contribution in [0.5, 0.6) is 0 Å². The van der Waals surface area contributed by atoms with Gasteiger partial charge in [0.1, 0.15) is 10.7 Å². The van der Waals surface area contributed by atoms with Crippen LogP contribution >= 0.6 is 11.6 Å². The summed E-state index contributed by atoms with van der Waals surface area (Å²) in [7, 11) is -3.58. The molecule has 7 heteroatoms. The highest BCUT2D eigenvalue weighted by Gasteiger charge is 2.33. The van der Waals surface area contributed by atoms with E-state index in [9.17, 15) is 8.42 Å². The van der Waals surface area contributed by atoms with Crippen LogP contribution in [0.2, 0.25) is 5.02 Å². The zero-order valence-corrected chi connectivity index (χ0v) is 14.1. The lowest BCUT2D eigenvalue weighted by Crippen LogP contribution is -2.37. The molecule has 0 aliphatic heterocycles. The summed E-state index contributed by atoms with van der Waals surface area (Å²) in [4.78, 5) is 4.19. The van der Waals surface area contributed by atoms with Gasteiger partial charge in [0.15, 0.2) is 0 Å². The summed E-state index contributed by atoms with van der Waals surface area (Å²) in [5, 5.41) is 3.29. The molecule has 0 amide bonds. The van der Waals surface area contributed by atoms with E-state index in [0.29, 0.717) is 29.2 Å². The second-order valence-corrected chi connectivity index (χ2v) is 7.79. The Bertz CT molecular complexity index is 606. The number of halogens is 1. The van der Waals surface area contributed by atoms with Crippen LogP contribution in [-0.4, -0.2) is 26.0 Å². The molecule has 1 aliphatic carbocycles. The van der Waals surface area contributed by atoms with Crippen molar-refractivity contribution in [3.63, 3.8) is 0 Å². The standard InChI is InChI=1S/C14H22ClN3O2S/c1-4-16-14-12(15)7-11(8-17-14)21(19,20)18-13-6-5-9(2)10(13)3/h7-10,13,18H,4-6H2,1-3H3,(H,16,17). The van der Waals surface area contributed by atoms with E-state index in [-0.39, 0.29) is 10.9 Å². The van der Waals surface area contributed by atoms with Crippen LogP contribution in [0.1, 0.15) is 33.6 Å². The molecule has 1 heterocycles. The normalized spacial score (nSPS) is 26.0. The van der Waals surface area contributed by atoms with E-state index in [0.717, 1.165) is 12.8 Å². The molecular formula is C14H22ClN3O2S. The van der Waals surface area contributed by atoms with Gasteiger partial charge in [0.25, 0.3) is 0 Å². The number of pyridine rings is 1. The number of nitrogens with zero attached hydrogens (tertiary/aromatic N) is 1. The third-order valence-electron chi connectivity index (χ3n) is 4.24. The minimum absolute atomic E-state index is 0.0165. The monoisotopic (exact) mass is 331 g/mol. The molecule has 0 saturated heterocycles. The molecule has 1 fully saturated rings. The van der Waals surface area contributed by atoms with Crippen molar-refractivity contribution in [1.29, 1.82) is 0 Å². The molecule has 2 rings (SSSR count). The van der Waals surface area contributed by atoms with Gasteiger partial charge in [-0.15, -0.1) is 0 Å². The molecule has 0 bridgehead atoms. The van der Waals surface area contributed by atoms with E-state index in [2.05, 4.69) is 28.9 Å². The van der Waals surface area contributed by atoms with Gasteiger partial charge in [0.05, 0.1) is 5.02 Å². The molecule has 1 saturated carbocycles. The average Bonchev–Trinajstić information content (AvgIpc) is 2.73. The molecule has 0 aromatic carbocycles. The lowest BCUT2D eigenvalue weighted by Gasteiger charge is -2.19. The molecule has 1 aliphatic rings. The molecule has 1 aromatic rings. The van der Waals surface area contributed by atoms with E-state index in [4.69, 9.17) is 11.6 Å². The quantitative estimate of drug-likeness (QED) is 0.870. The highest BCUT2D eigenvalue weighted by Crippen LogP contribution is 2.32. The number of anilines is 1. The Hall–Kier alpha value is -0.850. The number of hydrogen-bond donors (Lipinski definition) is 2. The Morgan fingerprint density at radius 3 is 2.62 bits per heavy atom. The molecule has 0 radical (unpaired) electrons. The average molecular weight is 332 g/mol. The minimum Gasteiger partial charge on any atom is -0.369 e. The molecule has 21 heavy (non-hydrogen) atoms. The van der Waals surface area contributed by atoms with Gasteiger partial charge in [-0.2, -0.15) is 0 Å². The van der Waals surface area contributed by atoms with Crippen LogP contribution in [0.15, 0.2) is 17.2 Å². The van der Waals surface area contributed by atoms with Gasteiger partial charge in [0, 0.05) is 18.8 Å². The van der Waals surface area contributed by atoms with E-state index in [1.54, 1.807) is 0 Å². The summed E-state index contributed by atoms with van der Waals surface area (Å²) in [6.45, 7) is 6.84. The second-order valence-electron chi connectivity index (χ2n) is 5.67. The van der Waals surface area contributed by atoms with Gasteiger partial charge in [-0.1, -0.05) is 25.4 Å². The van der Waals surface area contributed by atoms with Gasteiger partial charge in [-0.05, 0) is 37.7 Å². The van der Waals surface area contributed by atoms with Gasteiger partial charge >= 0.3 is 0 Å². The van der Waals surface area contributed by atoms with Crippen LogP contribution in [0, 0.1) is 11.8 Å². The minimum atomic E-state index is -3.58. The number of rotatable bonds is 5. The first-order valence-corrected chi connectivity index (χ1v) is 9.13. The van der Waals surface area contributed by atoms with Crippen molar-refractivity contribution in [2.45, 2.75) is 44.6 Å². The highest BCUT2D eigenvalue weighted by atomic mass is 35.5. The number of sulfonamides is 1. The fraction of sp³-hybridized carbons (Fsp3) is 0.643. The van der Waals surface area contributed by atoms with Crippen LogP contribution < -0.4 is 10.0 Å². The van der Waals surface area contributed by atoms with Crippen molar-refractivity contribution < 1.29 is 8.42 Å². The van der Waals surface area contributed by atoms with Crippen molar-refractivity contribution >= 4 is 27.4 Å². The number of hydrogen-bond acceptors (Lipinski definition) is 4. The van der Waals surface area contributed by atoms with Gasteiger partial charge in [-0.3, -0.25) is 0 Å².